The summed E-state index contributed by atoms with van der Waals surface area (Å²) in [7, 11) is 2.21. The second kappa shape index (κ2) is 7.70. The number of halogens is 3. The first kappa shape index (κ1) is 20.4. The smallest absolute Gasteiger partial charge is 0.228 e. The van der Waals surface area contributed by atoms with E-state index < -0.39 is 0 Å². The van der Waals surface area contributed by atoms with E-state index in [1.54, 1.807) is 0 Å². The highest BCUT2D eigenvalue weighted by Crippen LogP contribution is 2.42. The molecule has 2 aromatic rings. The highest BCUT2D eigenvalue weighted by Gasteiger charge is 2.38. The number of rotatable bonds is 2. The third kappa shape index (κ3) is 3.42. The maximum absolute atomic E-state index is 15.3. The van der Waals surface area contributed by atoms with Gasteiger partial charge >= 0.3 is 0 Å². The normalized spacial score (nSPS) is 31.0. The largest absolute Gasteiger partial charge is 0.355 e. The number of anilines is 2. The van der Waals surface area contributed by atoms with E-state index in [2.05, 4.69) is 37.7 Å². The van der Waals surface area contributed by atoms with Gasteiger partial charge in [-0.2, -0.15) is 4.98 Å². The standard InChI is InChI=1S/C23H28BrClFN5/c1-29-6-4-15-5-7-30(12-18(15)29)23-27-21-16(9-17(25)19(24)20(21)26)22(28-23)31-10-13-2-3-14(8-13)11-31/h9,13-15,18H,2-8,10-12H2,1H3. The van der Waals surface area contributed by atoms with Crippen LogP contribution in [0.25, 0.3) is 10.9 Å². The number of hydrogen-bond acceptors (Lipinski definition) is 5. The minimum Gasteiger partial charge on any atom is -0.355 e. The van der Waals surface area contributed by atoms with Crippen molar-refractivity contribution < 1.29 is 4.39 Å². The predicted octanol–water partition coefficient (Wildman–Crippen LogP) is 4.95. The zero-order valence-corrected chi connectivity index (χ0v) is 20.2. The summed E-state index contributed by atoms with van der Waals surface area (Å²) in [6.07, 6.45) is 6.31. The zero-order valence-electron chi connectivity index (χ0n) is 17.8. The Labute approximate surface area is 196 Å². The third-order valence-electron chi connectivity index (χ3n) is 8.12. The average molecular weight is 509 g/mol. The van der Waals surface area contributed by atoms with Crippen molar-refractivity contribution in [2.75, 3.05) is 49.6 Å². The van der Waals surface area contributed by atoms with Crippen LogP contribution in [0.1, 0.15) is 32.1 Å². The number of nitrogens with zero attached hydrogens (tertiary/aromatic N) is 5. The molecule has 6 rings (SSSR count). The predicted molar refractivity (Wildman–Crippen MR) is 127 cm³/mol. The lowest BCUT2D eigenvalue weighted by atomic mass is 9.92. The first-order valence-electron chi connectivity index (χ1n) is 11.5. The van der Waals surface area contributed by atoms with Crippen LogP contribution in [0.2, 0.25) is 5.02 Å². The molecule has 4 heterocycles. The number of piperidine rings is 2. The molecule has 5 nitrogen and oxygen atoms in total. The monoisotopic (exact) mass is 507 g/mol. The maximum Gasteiger partial charge on any atom is 0.228 e. The fourth-order valence-electron chi connectivity index (χ4n) is 6.44. The Morgan fingerprint density at radius 3 is 2.55 bits per heavy atom. The Morgan fingerprint density at radius 2 is 1.77 bits per heavy atom. The van der Waals surface area contributed by atoms with Crippen LogP contribution in [0.5, 0.6) is 0 Å². The van der Waals surface area contributed by atoms with Crippen LogP contribution in [-0.2, 0) is 0 Å². The molecule has 0 N–H and O–H groups in total. The summed E-state index contributed by atoms with van der Waals surface area (Å²) in [4.78, 5) is 16.9. The molecule has 1 aliphatic carbocycles. The number of aromatic nitrogens is 2. The Kier molecular flexibility index (Phi) is 5.07. The lowest BCUT2D eigenvalue weighted by molar-refractivity contribution is 0.244. The molecule has 3 aliphatic heterocycles. The quantitative estimate of drug-likeness (QED) is 0.536. The van der Waals surface area contributed by atoms with Crippen LogP contribution < -0.4 is 9.80 Å². The van der Waals surface area contributed by atoms with E-state index in [0.717, 1.165) is 56.3 Å². The molecule has 1 aromatic carbocycles. The molecule has 4 unspecified atom stereocenters. The summed E-state index contributed by atoms with van der Waals surface area (Å²) >= 11 is 9.68. The minimum absolute atomic E-state index is 0.283. The van der Waals surface area contributed by atoms with Crippen LogP contribution >= 0.6 is 27.5 Å². The topological polar surface area (TPSA) is 35.5 Å². The minimum atomic E-state index is -0.389. The van der Waals surface area contributed by atoms with Gasteiger partial charge in [-0.15, -0.1) is 0 Å². The third-order valence-corrected chi connectivity index (χ3v) is 9.43. The number of likely N-dealkylation sites (tertiary alicyclic amines) is 1. The maximum atomic E-state index is 15.3. The van der Waals surface area contributed by atoms with Gasteiger partial charge in [-0.25, -0.2) is 9.37 Å². The fraction of sp³-hybridized carbons (Fsp3) is 0.652. The van der Waals surface area contributed by atoms with Gasteiger partial charge in [0.15, 0.2) is 5.82 Å². The van der Waals surface area contributed by atoms with Crippen LogP contribution in [0, 0.1) is 23.6 Å². The van der Waals surface area contributed by atoms with Gasteiger partial charge in [0.05, 0.1) is 9.50 Å². The molecule has 0 spiro atoms. The van der Waals surface area contributed by atoms with Crippen LogP contribution in [-0.4, -0.2) is 60.7 Å². The lowest BCUT2D eigenvalue weighted by Crippen LogP contribution is -2.47. The first-order chi connectivity index (χ1) is 15.0. The van der Waals surface area contributed by atoms with E-state index in [1.165, 1.54) is 25.7 Å². The number of likely N-dealkylation sites (N-methyl/N-ethyl adjacent to an activating group) is 1. The van der Waals surface area contributed by atoms with Gasteiger partial charge < -0.3 is 14.7 Å². The molecule has 4 atom stereocenters. The van der Waals surface area contributed by atoms with Crippen LogP contribution in [0.4, 0.5) is 16.2 Å². The van der Waals surface area contributed by atoms with E-state index >= 15 is 4.39 Å². The molecule has 0 radical (unpaired) electrons. The highest BCUT2D eigenvalue weighted by atomic mass is 79.9. The summed E-state index contributed by atoms with van der Waals surface area (Å²) in [5.74, 6) is 3.31. The van der Waals surface area contributed by atoms with Crippen LogP contribution in [0.15, 0.2) is 10.5 Å². The molecule has 8 heteroatoms. The van der Waals surface area contributed by atoms with Gasteiger partial charge in [0.25, 0.3) is 0 Å². The average Bonchev–Trinajstić information content (AvgIpc) is 3.32. The van der Waals surface area contributed by atoms with E-state index in [1.807, 2.05) is 6.07 Å². The Hall–Kier alpha value is -1.18. The molecule has 166 valence electrons. The summed E-state index contributed by atoms with van der Waals surface area (Å²) in [5.41, 5.74) is 0.371. The molecule has 2 bridgehead atoms. The van der Waals surface area contributed by atoms with E-state index in [9.17, 15) is 0 Å². The van der Waals surface area contributed by atoms with Gasteiger partial charge in [-0.05, 0) is 85.4 Å². The van der Waals surface area contributed by atoms with Gasteiger partial charge in [-0.3, -0.25) is 0 Å². The van der Waals surface area contributed by atoms with Gasteiger partial charge in [0, 0.05) is 37.6 Å². The molecule has 4 aliphatic rings. The second-order valence-corrected chi connectivity index (χ2v) is 11.2. The molecule has 0 amide bonds. The van der Waals surface area contributed by atoms with Crippen molar-refractivity contribution in [1.82, 2.24) is 14.9 Å². The fourth-order valence-corrected chi connectivity index (χ4v) is 6.94. The van der Waals surface area contributed by atoms with Crippen molar-refractivity contribution in [3.63, 3.8) is 0 Å². The second-order valence-electron chi connectivity index (χ2n) is 10.0. The zero-order chi connectivity index (χ0) is 21.3. The van der Waals surface area contributed by atoms with E-state index in [4.69, 9.17) is 21.6 Å². The van der Waals surface area contributed by atoms with Crippen molar-refractivity contribution in [2.24, 2.45) is 17.8 Å². The molecule has 1 aromatic heterocycles. The van der Waals surface area contributed by atoms with Gasteiger partial charge in [-0.1, -0.05) is 11.6 Å². The van der Waals surface area contributed by atoms with Gasteiger partial charge in [0.2, 0.25) is 5.95 Å². The summed E-state index contributed by atoms with van der Waals surface area (Å²) in [6, 6.07) is 2.36. The Balaban J connectivity index is 1.45. The lowest BCUT2D eigenvalue weighted by Gasteiger charge is -2.38. The van der Waals surface area contributed by atoms with E-state index in [0.29, 0.717) is 34.4 Å². The Bertz CT molecular complexity index is 1020. The number of benzene rings is 1. The van der Waals surface area contributed by atoms with Crippen molar-refractivity contribution >= 4 is 50.2 Å². The molecule has 4 fully saturated rings. The summed E-state index contributed by atoms with van der Waals surface area (Å²) in [6.45, 7) is 4.98. The highest BCUT2D eigenvalue weighted by molar-refractivity contribution is 9.10. The van der Waals surface area contributed by atoms with Crippen molar-refractivity contribution in [2.45, 2.75) is 38.1 Å². The van der Waals surface area contributed by atoms with Gasteiger partial charge in [0.1, 0.15) is 11.3 Å². The van der Waals surface area contributed by atoms with Crippen molar-refractivity contribution in [1.29, 1.82) is 0 Å². The van der Waals surface area contributed by atoms with Crippen molar-refractivity contribution in [3.8, 4) is 0 Å². The molecule has 3 saturated heterocycles. The van der Waals surface area contributed by atoms with E-state index in [-0.39, 0.29) is 10.3 Å². The molecule has 31 heavy (non-hydrogen) atoms. The summed E-state index contributed by atoms with van der Waals surface area (Å²) in [5, 5.41) is 1.10. The number of fused-ring (bicyclic) bond motifs is 4. The Morgan fingerprint density at radius 1 is 1.03 bits per heavy atom. The molecule has 1 saturated carbocycles. The summed E-state index contributed by atoms with van der Waals surface area (Å²) < 4.78 is 15.6. The number of hydrogen-bond donors (Lipinski definition) is 0. The van der Waals surface area contributed by atoms with Crippen LogP contribution in [0.3, 0.4) is 0 Å². The van der Waals surface area contributed by atoms with Crippen molar-refractivity contribution in [3.05, 3.63) is 21.4 Å². The SMILES string of the molecule is CN1CCC2CCN(c3nc(N4CC5CCC(C5)C4)c4cc(Cl)c(Br)c(F)c4n3)CC21. The molecular formula is C23H28BrClFN5. The molecular weight excluding hydrogens is 481 g/mol. The first-order valence-corrected chi connectivity index (χ1v) is 12.7.